The van der Waals surface area contributed by atoms with Crippen LogP contribution in [0, 0.1) is 0 Å². The second kappa shape index (κ2) is 8.92. The van der Waals surface area contributed by atoms with Crippen molar-refractivity contribution in [1.82, 2.24) is 0 Å². The number of amides is 1. The molecule has 0 heterocycles. The summed E-state index contributed by atoms with van der Waals surface area (Å²) in [5.41, 5.74) is 1.13. The van der Waals surface area contributed by atoms with Gasteiger partial charge < -0.3 is 19.5 Å². The predicted molar refractivity (Wildman–Crippen MR) is 100.0 cm³/mol. The van der Waals surface area contributed by atoms with Crippen LogP contribution in [0.5, 0.6) is 17.2 Å². The molecular weight excluding hydrogens is 358 g/mol. The molecule has 0 aromatic heterocycles. The van der Waals surface area contributed by atoms with E-state index in [0.29, 0.717) is 27.8 Å². The van der Waals surface area contributed by atoms with Crippen molar-refractivity contribution in [2.24, 2.45) is 0 Å². The summed E-state index contributed by atoms with van der Waals surface area (Å²) < 4.78 is 15.4. The maximum atomic E-state index is 12.1. The third kappa shape index (κ3) is 5.00. The van der Waals surface area contributed by atoms with Gasteiger partial charge in [-0.3, -0.25) is 9.59 Å². The van der Waals surface area contributed by atoms with Gasteiger partial charge in [0.05, 0.1) is 24.9 Å². The van der Waals surface area contributed by atoms with Crippen LogP contribution in [0.25, 0.3) is 6.08 Å². The highest BCUT2D eigenvalue weighted by Gasteiger charge is 2.10. The van der Waals surface area contributed by atoms with Crippen molar-refractivity contribution in [3.8, 4) is 17.2 Å². The Labute approximate surface area is 156 Å². The van der Waals surface area contributed by atoms with Gasteiger partial charge >= 0.3 is 5.97 Å². The van der Waals surface area contributed by atoms with Gasteiger partial charge in [-0.25, -0.2) is 0 Å². The van der Waals surface area contributed by atoms with Gasteiger partial charge in [-0.05, 0) is 35.9 Å². The van der Waals surface area contributed by atoms with E-state index in [1.807, 2.05) is 0 Å². The summed E-state index contributed by atoms with van der Waals surface area (Å²) in [5, 5.41) is 3.10. The van der Waals surface area contributed by atoms with Crippen LogP contribution in [0.3, 0.4) is 0 Å². The third-order valence-corrected chi connectivity index (χ3v) is 3.60. The number of para-hydroxylation sites is 1. The molecule has 0 saturated heterocycles. The largest absolute Gasteiger partial charge is 0.493 e. The molecule has 0 aliphatic heterocycles. The van der Waals surface area contributed by atoms with Crippen LogP contribution < -0.4 is 19.5 Å². The molecule has 6 nitrogen and oxygen atoms in total. The summed E-state index contributed by atoms with van der Waals surface area (Å²) in [7, 11) is 2.95. The first-order valence-electron chi connectivity index (χ1n) is 7.62. The van der Waals surface area contributed by atoms with E-state index >= 15 is 0 Å². The van der Waals surface area contributed by atoms with Gasteiger partial charge in [-0.1, -0.05) is 23.7 Å². The summed E-state index contributed by atoms with van der Waals surface area (Å²) >= 11 is 6.03. The molecule has 7 heteroatoms. The normalized spacial score (nSPS) is 10.5. The van der Waals surface area contributed by atoms with Crippen LogP contribution in [0.15, 0.2) is 42.5 Å². The molecule has 0 spiro atoms. The second-order valence-corrected chi connectivity index (χ2v) is 5.55. The number of esters is 1. The Hall–Kier alpha value is -2.99. The molecule has 0 fully saturated rings. The minimum atomic E-state index is -0.463. The van der Waals surface area contributed by atoms with Crippen molar-refractivity contribution < 1.29 is 23.8 Å². The standard InChI is InChI=1S/C19H18ClNO5/c1-12(22)26-17-11-13(7-9-16(17)24-2)8-10-18(23)21-15-6-4-5-14(20)19(15)25-3/h4-11H,1-3H3,(H,21,23). The lowest BCUT2D eigenvalue weighted by Crippen LogP contribution is -2.09. The Morgan fingerprint density at radius 2 is 1.85 bits per heavy atom. The van der Waals surface area contributed by atoms with Crippen molar-refractivity contribution in [3.05, 3.63) is 53.1 Å². The van der Waals surface area contributed by atoms with E-state index in [-0.39, 0.29) is 11.7 Å². The zero-order valence-electron chi connectivity index (χ0n) is 14.5. The molecule has 0 radical (unpaired) electrons. The van der Waals surface area contributed by atoms with E-state index in [0.717, 1.165) is 0 Å². The zero-order valence-corrected chi connectivity index (χ0v) is 15.3. The number of hydrogen-bond acceptors (Lipinski definition) is 5. The fraction of sp³-hybridized carbons (Fsp3) is 0.158. The van der Waals surface area contributed by atoms with Gasteiger partial charge in [-0.2, -0.15) is 0 Å². The number of hydrogen-bond donors (Lipinski definition) is 1. The Bertz CT molecular complexity index is 848. The number of anilines is 1. The number of methoxy groups -OCH3 is 2. The molecule has 0 aliphatic rings. The quantitative estimate of drug-likeness (QED) is 0.470. The predicted octanol–water partition coefficient (Wildman–Crippen LogP) is 3.93. The Balaban J connectivity index is 2.15. The lowest BCUT2D eigenvalue weighted by Gasteiger charge is -2.10. The van der Waals surface area contributed by atoms with Crippen LogP contribution >= 0.6 is 11.6 Å². The Morgan fingerprint density at radius 3 is 2.50 bits per heavy atom. The minimum Gasteiger partial charge on any atom is -0.493 e. The van der Waals surface area contributed by atoms with Crippen molar-refractivity contribution in [1.29, 1.82) is 0 Å². The summed E-state index contributed by atoms with van der Waals surface area (Å²) in [6.07, 6.45) is 2.93. The van der Waals surface area contributed by atoms with E-state index in [9.17, 15) is 9.59 Å². The molecule has 2 rings (SSSR count). The Morgan fingerprint density at radius 1 is 1.08 bits per heavy atom. The Kier molecular flexibility index (Phi) is 6.63. The molecule has 0 atom stereocenters. The smallest absolute Gasteiger partial charge is 0.308 e. The SMILES string of the molecule is COc1ccc(C=CC(=O)Nc2cccc(Cl)c2OC)cc1OC(C)=O. The number of benzene rings is 2. The fourth-order valence-corrected chi connectivity index (χ4v) is 2.44. The highest BCUT2D eigenvalue weighted by molar-refractivity contribution is 6.32. The first kappa shape index (κ1) is 19.3. The average Bonchev–Trinajstić information content (AvgIpc) is 2.60. The molecule has 136 valence electrons. The van der Waals surface area contributed by atoms with Gasteiger partial charge in [0.15, 0.2) is 17.2 Å². The van der Waals surface area contributed by atoms with E-state index in [4.69, 9.17) is 25.8 Å². The summed E-state index contributed by atoms with van der Waals surface area (Å²) in [6, 6.07) is 10.0. The van der Waals surface area contributed by atoms with Crippen LogP contribution in [0.1, 0.15) is 12.5 Å². The third-order valence-electron chi connectivity index (χ3n) is 3.30. The summed E-state index contributed by atoms with van der Waals surface area (Å²) in [5.74, 6) is 0.257. The number of halogens is 1. The molecule has 1 amide bonds. The van der Waals surface area contributed by atoms with E-state index in [1.54, 1.807) is 42.5 Å². The topological polar surface area (TPSA) is 73.9 Å². The molecular formula is C19H18ClNO5. The van der Waals surface area contributed by atoms with Crippen molar-refractivity contribution >= 4 is 35.2 Å². The second-order valence-electron chi connectivity index (χ2n) is 5.15. The van der Waals surface area contributed by atoms with E-state index < -0.39 is 5.97 Å². The number of carbonyl (C=O) groups excluding carboxylic acids is 2. The number of rotatable bonds is 6. The first-order valence-corrected chi connectivity index (χ1v) is 8.00. The van der Waals surface area contributed by atoms with Crippen molar-refractivity contribution in [3.63, 3.8) is 0 Å². The highest BCUT2D eigenvalue weighted by Crippen LogP contribution is 2.32. The van der Waals surface area contributed by atoms with Crippen LogP contribution in [0.2, 0.25) is 5.02 Å². The van der Waals surface area contributed by atoms with E-state index in [1.165, 1.54) is 27.2 Å². The summed E-state index contributed by atoms with van der Waals surface area (Å²) in [4.78, 5) is 23.3. The molecule has 0 aliphatic carbocycles. The molecule has 0 bridgehead atoms. The molecule has 1 N–H and O–H groups in total. The van der Waals surface area contributed by atoms with Crippen LogP contribution in [-0.4, -0.2) is 26.1 Å². The molecule has 2 aromatic carbocycles. The molecule has 2 aromatic rings. The maximum absolute atomic E-state index is 12.1. The van der Waals surface area contributed by atoms with Gasteiger partial charge in [0.25, 0.3) is 0 Å². The fourth-order valence-electron chi connectivity index (χ4n) is 2.19. The van der Waals surface area contributed by atoms with Gasteiger partial charge in [0.1, 0.15) is 0 Å². The highest BCUT2D eigenvalue weighted by atomic mass is 35.5. The van der Waals surface area contributed by atoms with Crippen molar-refractivity contribution in [2.75, 3.05) is 19.5 Å². The number of ether oxygens (including phenoxy) is 3. The van der Waals surface area contributed by atoms with Gasteiger partial charge in [0, 0.05) is 13.0 Å². The van der Waals surface area contributed by atoms with E-state index in [2.05, 4.69) is 5.32 Å². The molecule has 26 heavy (non-hydrogen) atoms. The first-order chi connectivity index (χ1) is 12.4. The lowest BCUT2D eigenvalue weighted by atomic mass is 10.2. The number of nitrogens with one attached hydrogen (secondary N) is 1. The molecule has 0 saturated carbocycles. The number of carbonyl (C=O) groups is 2. The lowest BCUT2D eigenvalue weighted by molar-refractivity contribution is -0.132. The van der Waals surface area contributed by atoms with Crippen LogP contribution in [-0.2, 0) is 9.59 Å². The summed E-state index contributed by atoms with van der Waals surface area (Å²) in [6.45, 7) is 1.30. The molecule has 0 unspecified atom stereocenters. The minimum absolute atomic E-state index is 0.277. The monoisotopic (exact) mass is 375 g/mol. The van der Waals surface area contributed by atoms with Crippen LogP contribution in [0.4, 0.5) is 5.69 Å². The van der Waals surface area contributed by atoms with Gasteiger partial charge in [-0.15, -0.1) is 0 Å². The maximum Gasteiger partial charge on any atom is 0.308 e. The van der Waals surface area contributed by atoms with Crippen molar-refractivity contribution in [2.45, 2.75) is 6.92 Å². The average molecular weight is 376 g/mol. The zero-order chi connectivity index (χ0) is 19.1. The van der Waals surface area contributed by atoms with Gasteiger partial charge in [0.2, 0.25) is 5.91 Å².